The van der Waals surface area contributed by atoms with Gasteiger partial charge in [-0.2, -0.15) is 0 Å². The third kappa shape index (κ3) is 3.08. The second kappa shape index (κ2) is 6.54. The molecule has 0 unspecified atom stereocenters. The molecule has 0 radical (unpaired) electrons. The first-order valence-electron chi connectivity index (χ1n) is 7.08. The molecule has 1 aromatic carbocycles. The Balaban J connectivity index is 2.06. The number of hydrogen-bond acceptors (Lipinski definition) is 4. The van der Waals surface area contributed by atoms with Crippen LogP contribution in [-0.4, -0.2) is 34.0 Å². The third-order valence-corrected chi connectivity index (χ3v) is 3.72. The lowest BCUT2D eigenvalue weighted by Crippen LogP contribution is -2.18. The van der Waals surface area contributed by atoms with Crippen LogP contribution in [0.2, 0.25) is 5.02 Å². The van der Waals surface area contributed by atoms with E-state index in [9.17, 15) is 9.18 Å². The highest BCUT2D eigenvalue weighted by molar-refractivity contribution is 6.31. The van der Waals surface area contributed by atoms with E-state index in [2.05, 4.69) is 15.3 Å². The predicted octanol–water partition coefficient (Wildman–Crippen LogP) is 3.08. The van der Waals surface area contributed by atoms with Crippen molar-refractivity contribution in [3.63, 3.8) is 0 Å². The number of fused-ring (bicyclic) bond motifs is 1. The van der Waals surface area contributed by atoms with E-state index in [0.717, 1.165) is 0 Å². The maximum Gasteiger partial charge on any atom is 0.251 e. The van der Waals surface area contributed by atoms with Crippen LogP contribution < -0.4 is 5.32 Å². The molecular formula is C16H14ClFN4O2. The summed E-state index contributed by atoms with van der Waals surface area (Å²) < 4.78 is 19.9. The standard InChI is InChI=1S/C16H14ClFN4O2/c1-9-16(21-15(23)8-24-2)22-7-13(19-6-14(22)20-9)10-3-4-12(18)11(17)5-10/h3-7H,8H2,1-2H3,(H,21,23). The van der Waals surface area contributed by atoms with Crippen molar-refractivity contribution in [2.75, 3.05) is 19.0 Å². The fourth-order valence-electron chi connectivity index (χ4n) is 2.33. The summed E-state index contributed by atoms with van der Waals surface area (Å²) in [7, 11) is 1.45. The predicted molar refractivity (Wildman–Crippen MR) is 88.6 cm³/mol. The number of hydrogen-bond donors (Lipinski definition) is 1. The summed E-state index contributed by atoms with van der Waals surface area (Å²) in [4.78, 5) is 20.5. The highest BCUT2D eigenvalue weighted by atomic mass is 35.5. The van der Waals surface area contributed by atoms with E-state index in [1.54, 1.807) is 29.8 Å². The van der Waals surface area contributed by atoms with Gasteiger partial charge >= 0.3 is 0 Å². The Morgan fingerprint density at radius 2 is 2.25 bits per heavy atom. The Labute approximate surface area is 142 Å². The van der Waals surface area contributed by atoms with Crippen LogP contribution in [0.1, 0.15) is 5.69 Å². The molecular weight excluding hydrogens is 335 g/mol. The van der Waals surface area contributed by atoms with E-state index in [1.807, 2.05) is 0 Å². The lowest BCUT2D eigenvalue weighted by atomic mass is 10.1. The smallest absolute Gasteiger partial charge is 0.251 e. The molecule has 0 aliphatic carbocycles. The molecule has 0 bridgehead atoms. The van der Waals surface area contributed by atoms with Gasteiger partial charge in [0.25, 0.3) is 5.91 Å². The molecule has 0 aliphatic heterocycles. The monoisotopic (exact) mass is 348 g/mol. The minimum absolute atomic E-state index is 0.0184. The number of anilines is 1. The molecule has 8 heteroatoms. The van der Waals surface area contributed by atoms with Crippen molar-refractivity contribution in [3.05, 3.63) is 47.1 Å². The van der Waals surface area contributed by atoms with Gasteiger partial charge in [-0.15, -0.1) is 0 Å². The zero-order valence-electron chi connectivity index (χ0n) is 13.0. The molecule has 0 spiro atoms. The quantitative estimate of drug-likeness (QED) is 0.786. The Kier molecular flexibility index (Phi) is 4.46. The zero-order chi connectivity index (χ0) is 17.3. The molecule has 2 heterocycles. The summed E-state index contributed by atoms with van der Waals surface area (Å²) in [6, 6.07) is 4.37. The Morgan fingerprint density at radius 3 is 2.96 bits per heavy atom. The summed E-state index contributed by atoms with van der Waals surface area (Å²) in [5.41, 5.74) is 2.46. The molecule has 6 nitrogen and oxygen atoms in total. The molecule has 0 saturated carbocycles. The van der Waals surface area contributed by atoms with E-state index >= 15 is 0 Å². The van der Waals surface area contributed by atoms with Crippen molar-refractivity contribution in [1.82, 2.24) is 14.4 Å². The van der Waals surface area contributed by atoms with Crippen molar-refractivity contribution in [3.8, 4) is 11.3 Å². The molecule has 3 rings (SSSR count). The Bertz CT molecular complexity index is 926. The third-order valence-electron chi connectivity index (χ3n) is 3.43. The number of aromatic nitrogens is 3. The SMILES string of the molecule is COCC(=O)Nc1c(C)nc2cnc(-c3ccc(F)c(Cl)c3)cn12. The highest BCUT2D eigenvalue weighted by Gasteiger charge is 2.13. The van der Waals surface area contributed by atoms with Crippen LogP contribution in [0.4, 0.5) is 10.2 Å². The summed E-state index contributed by atoms with van der Waals surface area (Å²) in [5.74, 6) is -0.248. The van der Waals surface area contributed by atoms with E-state index in [0.29, 0.717) is 28.4 Å². The number of nitrogens with one attached hydrogen (secondary N) is 1. The average molecular weight is 349 g/mol. The van der Waals surface area contributed by atoms with Gasteiger partial charge in [-0.25, -0.2) is 9.37 Å². The van der Waals surface area contributed by atoms with Gasteiger partial charge in [-0.05, 0) is 25.1 Å². The van der Waals surface area contributed by atoms with E-state index in [1.165, 1.54) is 19.2 Å². The van der Waals surface area contributed by atoms with Crippen molar-refractivity contribution < 1.29 is 13.9 Å². The van der Waals surface area contributed by atoms with Gasteiger partial charge in [0, 0.05) is 18.9 Å². The van der Waals surface area contributed by atoms with Crippen molar-refractivity contribution in [1.29, 1.82) is 0 Å². The van der Waals surface area contributed by atoms with E-state index in [-0.39, 0.29) is 17.5 Å². The number of imidazole rings is 1. The fourth-order valence-corrected chi connectivity index (χ4v) is 2.51. The zero-order valence-corrected chi connectivity index (χ0v) is 13.8. The number of halogens is 2. The van der Waals surface area contributed by atoms with Gasteiger partial charge in [-0.1, -0.05) is 11.6 Å². The number of ether oxygens (including phenoxy) is 1. The molecule has 3 aromatic rings. The molecule has 1 amide bonds. The summed E-state index contributed by atoms with van der Waals surface area (Å²) in [6.07, 6.45) is 3.28. The molecule has 0 atom stereocenters. The summed E-state index contributed by atoms with van der Waals surface area (Å²) in [6.45, 7) is 1.72. The van der Waals surface area contributed by atoms with Gasteiger partial charge in [0.05, 0.1) is 22.6 Å². The number of rotatable bonds is 4. The average Bonchev–Trinajstić information content (AvgIpc) is 2.85. The number of benzene rings is 1. The largest absolute Gasteiger partial charge is 0.375 e. The van der Waals surface area contributed by atoms with E-state index in [4.69, 9.17) is 16.3 Å². The second-order valence-electron chi connectivity index (χ2n) is 5.16. The van der Waals surface area contributed by atoms with Crippen molar-refractivity contribution in [2.24, 2.45) is 0 Å². The molecule has 1 N–H and O–H groups in total. The minimum atomic E-state index is -0.493. The van der Waals surface area contributed by atoms with Crippen molar-refractivity contribution >= 4 is 29.0 Å². The van der Waals surface area contributed by atoms with Crippen LogP contribution in [0.5, 0.6) is 0 Å². The van der Waals surface area contributed by atoms with E-state index < -0.39 is 5.82 Å². The van der Waals surface area contributed by atoms with Crippen LogP contribution in [0.3, 0.4) is 0 Å². The highest BCUT2D eigenvalue weighted by Crippen LogP contribution is 2.25. The van der Waals surface area contributed by atoms with Crippen molar-refractivity contribution in [2.45, 2.75) is 6.92 Å². The number of methoxy groups -OCH3 is 1. The van der Waals surface area contributed by atoms with Crippen LogP contribution in [0.15, 0.2) is 30.6 Å². The van der Waals surface area contributed by atoms with Gasteiger partial charge in [0.15, 0.2) is 5.65 Å². The maximum absolute atomic E-state index is 13.3. The van der Waals surface area contributed by atoms with Gasteiger partial charge in [0.2, 0.25) is 0 Å². The van der Waals surface area contributed by atoms with Gasteiger partial charge in [-0.3, -0.25) is 14.2 Å². The first-order chi connectivity index (χ1) is 11.5. The lowest BCUT2D eigenvalue weighted by Gasteiger charge is -2.07. The number of nitrogens with zero attached hydrogens (tertiary/aromatic N) is 3. The molecule has 24 heavy (non-hydrogen) atoms. The van der Waals surface area contributed by atoms with Crippen LogP contribution >= 0.6 is 11.6 Å². The molecule has 0 aliphatic rings. The minimum Gasteiger partial charge on any atom is -0.375 e. The summed E-state index contributed by atoms with van der Waals surface area (Å²) >= 11 is 5.83. The topological polar surface area (TPSA) is 68.5 Å². The molecule has 0 fully saturated rings. The molecule has 124 valence electrons. The van der Waals surface area contributed by atoms with Gasteiger partial charge in [0.1, 0.15) is 18.2 Å². The molecule has 0 saturated heterocycles. The van der Waals surface area contributed by atoms with Crippen LogP contribution in [-0.2, 0) is 9.53 Å². The number of amides is 1. The maximum atomic E-state index is 13.3. The lowest BCUT2D eigenvalue weighted by molar-refractivity contribution is -0.119. The van der Waals surface area contributed by atoms with Gasteiger partial charge < -0.3 is 10.1 Å². The summed E-state index contributed by atoms with van der Waals surface area (Å²) in [5, 5.41) is 2.77. The second-order valence-corrected chi connectivity index (χ2v) is 5.56. The fraction of sp³-hybridized carbons (Fsp3) is 0.188. The normalized spacial score (nSPS) is 11.0. The first kappa shape index (κ1) is 16.4. The number of aryl methyl sites for hydroxylation is 1. The first-order valence-corrected chi connectivity index (χ1v) is 7.46. The number of carbonyl (C=O) groups excluding carboxylic acids is 1. The van der Waals surface area contributed by atoms with Crippen LogP contribution in [0.25, 0.3) is 16.9 Å². The number of carbonyl (C=O) groups is 1. The molecule has 2 aromatic heterocycles. The Morgan fingerprint density at radius 1 is 1.46 bits per heavy atom. The Hall–Kier alpha value is -2.51. The van der Waals surface area contributed by atoms with Crippen LogP contribution in [0, 0.1) is 12.7 Å².